The number of hydrogen-bond acceptors (Lipinski definition) is 2. The first kappa shape index (κ1) is 24.9. The molecule has 0 fully saturated rings. The van der Waals surface area contributed by atoms with Gasteiger partial charge in [0.15, 0.2) is 0 Å². The quantitative estimate of drug-likeness (QED) is 0.216. The third kappa shape index (κ3) is 20.1. The van der Waals surface area contributed by atoms with Crippen LogP contribution in [0.15, 0.2) is 0 Å². The molecule has 0 saturated heterocycles. The first-order valence-corrected chi connectivity index (χ1v) is 11.4. The fourth-order valence-corrected chi connectivity index (χ4v) is 3.44. The van der Waals surface area contributed by atoms with Crippen LogP contribution in [0.2, 0.25) is 0 Å². The number of rotatable bonds is 20. The monoisotopic (exact) mass is 355 g/mol. The SMILES string of the molecule is CCCCCCCC(CCCCCCC)COCCCCCN(C)C. The van der Waals surface area contributed by atoms with E-state index in [-0.39, 0.29) is 0 Å². The number of ether oxygens (including phenoxy) is 1. The fourth-order valence-electron chi connectivity index (χ4n) is 3.44. The van der Waals surface area contributed by atoms with Gasteiger partial charge in [0, 0.05) is 13.2 Å². The zero-order valence-electron chi connectivity index (χ0n) is 18.2. The Balaban J connectivity index is 3.75. The van der Waals surface area contributed by atoms with Crippen LogP contribution >= 0.6 is 0 Å². The summed E-state index contributed by atoms with van der Waals surface area (Å²) in [5, 5.41) is 0. The topological polar surface area (TPSA) is 12.5 Å². The summed E-state index contributed by atoms with van der Waals surface area (Å²) in [6.45, 7) is 7.78. The van der Waals surface area contributed by atoms with Crippen molar-refractivity contribution in [3.63, 3.8) is 0 Å². The zero-order chi connectivity index (χ0) is 18.6. The lowest BCUT2D eigenvalue weighted by Gasteiger charge is -2.17. The Hall–Kier alpha value is -0.0800. The van der Waals surface area contributed by atoms with E-state index < -0.39 is 0 Å². The minimum Gasteiger partial charge on any atom is -0.381 e. The van der Waals surface area contributed by atoms with Gasteiger partial charge in [-0.3, -0.25) is 0 Å². The van der Waals surface area contributed by atoms with E-state index in [0.29, 0.717) is 0 Å². The van der Waals surface area contributed by atoms with Crippen molar-refractivity contribution in [1.82, 2.24) is 4.90 Å². The van der Waals surface area contributed by atoms with Crippen molar-refractivity contribution in [3.05, 3.63) is 0 Å². The highest BCUT2D eigenvalue weighted by Crippen LogP contribution is 2.19. The van der Waals surface area contributed by atoms with Crippen molar-refractivity contribution in [2.75, 3.05) is 33.9 Å². The first-order chi connectivity index (χ1) is 12.2. The molecule has 0 N–H and O–H groups in total. The van der Waals surface area contributed by atoms with Crippen LogP contribution in [0.1, 0.15) is 110 Å². The van der Waals surface area contributed by atoms with Crippen LogP contribution in [0, 0.1) is 5.92 Å². The minimum atomic E-state index is 0.810. The number of nitrogens with zero attached hydrogens (tertiary/aromatic N) is 1. The van der Waals surface area contributed by atoms with Crippen LogP contribution in [-0.4, -0.2) is 38.8 Å². The number of hydrogen-bond donors (Lipinski definition) is 0. The predicted octanol–water partition coefficient (Wildman–Crippen LogP) is 7.07. The molecule has 0 heterocycles. The molecule has 0 aromatic carbocycles. The lowest BCUT2D eigenvalue weighted by molar-refractivity contribution is 0.0876. The van der Waals surface area contributed by atoms with E-state index in [4.69, 9.17) is 4.74 Å². The molecule has 0 radical (unpaired) electrons. The first-order valence-electron chi connectivity index (χ1n) is 11.4. The summed E-state index contributed by atoms with van der Waals surface area (Å²) in [6, 6.07) is 0. The largest absolute Gasteiger partial charge is 0.381 e. The lowest BCUT2D eigenvalue weighted by atomic mass is 9.95. The average Bonchev–Trinajstić information content (AvgIpc) is 2.59. The Bertz CT molecular complexity index is 228. The molecule has 0 unspecified atom stereocenters. The van der Waals surface area contributed by atoms with Gasteiger partial charge in [0.2, 0.25) is 0 Å². The zero-order valence-corrected chi connectivity index (χ0v) is 18.2. The third-order valence-corrected chi connectivity index (χ3v) is 5.18. The summed E-state index contributed by atoms with van der Waals surface area (Å²) in [4.78, 5) is 2.27. The van der Waals surface area contributed by atoms with E-state index in [2.05, 4.69) is 32.8 Å². The summed E-state index contributed by atoms with van der Waals surface area (Å²) >= 11 is 0. The molecule has 152 valence electrons. The molecule has 0 aliphatic rings. The molecule has 0 bridgehead atoms. The van der Waals surface area contributed by atoms with Crippen molar-refractivity contribution >= 4 is 0 Å². The maximum absolute atomic E-state index is 6.05. The summed E-state index contributed by atoms with van der Waals surface area (Å²) < 4.78 is 6.05. The highest BCUT2D eigenvalue weighted by atomic mass is 16.5. The van der Waals surface area contributed by atoms with Gasteiger partial charge in [0.25, 0.3) is 0 Å². The Labute approximate surface area is 160 Å². The fraction of sp³-hybridized carbons (Fsp3) is 1.00. The maximum atomic E-state index is 6.05. The molecule has 2 nitrogen and oxygen atoms in total. The van der Waals surface area contributed by atoms with Gasteiger partial charge in [-0.05, 0) is 58.7 Å². The van der Waals surface area contributed by atoms with Gasteiger partial charge in [-0.15, -0.1) is 0 Å². The third-order valence-electron chi connectivity index (χ3n) is 5.18. The van der Waals surface area contributed by atoms with Gasteiger partial charge in [-0.2, -0.15) is 0 Å². The van der Waals surface area contributed by atoms with Crippen LogP contribution in [0.3, 0.4) is 0 Å². The molecule has 0 saturated carbocycles. The van der Waals surface area contributed by atoms with Crippen molar-refractivity contribution in [2.24, 2.45) is 5.92 Å². The maximum Gasteiger partial charge on any atom is 0.0494 e. The molecule has 0 amide bonds. The Morgan fingerprint density at radius 3 is 1.68 bits per heavy atom. The average molecular weight is 356 g/mol. The van der Waals surface area contributed by atoms with Gasteiger partial charge in [0.1, 0.15) is 0 Å². The second kappa shape index (κ2) is 20.2. The van der Waals surface area contributed by atoms with Crippen LogP contribution in [0.4, 0.5) is 0 Å². The van der Waals surface area contributed by atoms with Gasteiger partial charge in [-0.1, -0.05) is 78.1 Å². The van der Waals surface area contributed by atoms with E-state index in [9.17, 15) is 0 Å². The molecule has 0 aliphatic heterocycles. The van der Waals surface area contributed by atoms with Gasteiger partial charge >= 0.3 is 0 Å². The van der Waals surface area contributed by atoms with E-state index in [1.165, 1.54) is 103 Å². The summed E-state index contributed by atoms with van der Waals surface area (Å²) in [5.74, 6) is 0.810. The van der Waals surface area contributed by atoms with Crippen molar-refractivity contribution in [2.45, 2.75) is 110 Å². The van der Waals surface area contributed by atoms with Gasteiger partial charge < -0.3 is 9.64 Å². The van der Waals surface area contributed by atoms with Crippen molar-refractivity contribution in [3.8, 4) is 0 Å². The number of unbranched alkanes of at least 4 members (excludes halogenated alkanes) is 10. The molecule has 2 heteroatoms. The molecule has 0 aliphatic carbocycles. The summed E-state index contributed by atoms with van der Waals surface area (Å²) in [6.07, 6.45) is 20.6. The summed E-state index contributed by atoms with van der Waals surface area (Å²) in [5.41, 5.74) is 0. The normalized spacial score (nSPS) is 11.8. The van der Waals surface area contributed by atoms with Crippen LogP contribution in [0.5, 0.6) is 0 Å². The molecule has 0 atom stereocenters. The summed E-state index contributed by atoms with van der Waals surface area (Å²) in [7, 11) is 4.31. The van der Waals surface area contributed by atoms with Crippen LogP contribution < -0.4 is 0 Å². The molecular formula is C23H49NO. The second-order valence-electron chi connectivity index (χ2n) is 8.21. The minimum absolute atomic E-state index is 0.810. The highest BCUT2D eigenvalue weighted by molar-refractivity contribution is 4.60. The Morgan fingerprint density at radius 1 is 0.640 bits per heavy atom. The van der Waals surface area contributed by atoms with Crippen LogP contribution in [-0.2, 0) is 4.74 Å². The van der Waals surface area contributed by atoms with Gasteiger partial charge in [0.05, 0.1) is 0 Å². The smallest absolute Gasteiger partial charge is 0.0494 e. The molecule has 0 spiro atoms. The van der Waals surface area contributed by atoms with E-state index >= 15 is 0 Å². The standard InChI is InChI=1S/C23H49NO/c1-5-7-9-11-14-18-23(19-15-12-10-8-6-2)22-25-21-17-13-16-20-24(3)4/h23H,5-22H2,1-4H3. The van der Waals surface area contributed by atoms with E-state index in [1.807, 2.05) is 0 Å². The predicted molar refractivity (Wildman–Crippen MR) is 113 cm³/mol. The molecule has 0 rings (SSSR count). The lowest BCUT2D eigenvalue weighted by Crippen LogP contribution is -2.13. The molecule has 0 aromatic rings. The highest BCUT2D eigenvalue weighted by Gasteiger charge is 2.09. The van der Waals surface area contributed by atoms with Gasteiger partial charge in [-0.25, -0.2) is 0 Å². The van der Waals surface area contributed by atoms with E-state index in [1.54, 1.807) is 0 Å². The second-order valence-corrected chi connectivity index (χ2v) is 8.21. The van der Waals surface area contributed by atoms with Crippen molar-refractivity contribution in [1.29, 1.82) is 0 Å². The molecule has 0 aromatic heterocycles. The van der Waals surface area contributed by atoms with Crippen LogP contribution in [0.25, 0.3) is 0 Å². The molecule has 25 heavy (non-hydrogen) atoms. The van der Waals surface area contributed by atoms with E-state index in [0.717, 1.165) is 19.1 Å². The Morgan fingerprint density at radius 2 is 1.16 bits per heavy atom. The Kier molecular flexibility index (Phi) is 20.2. The molecular weight excluding hydrogens is 306 g/mol. The van der Waals surface area contributed by atoms with Crippen molar-refractivity contribution < 1.29 is 4.74 Å².